The van der Waals surface area contributed by atoms with Crippen LogP contribution < -0.4 is 0 Å². The first-order valence-electron chi connectivity index (χ1n) is 6.32. The van der Waals surface area contributed by atoms with Crippen molar-refractivity contribution >= 4 is 28.0 Å². The third kappa shape index (κ3) is 3.93. The molecular weight excluding hydrogens is 291 g/mol. The van der Waals surface area contributed by atoms with Gasteiger partial charge in [-0.1, -0.05) is 0 Å². The summed E-state index contributed by atoms with van der Waals surface area (Å²) in [5.74, 6) is -1.02. The maximum absolute atomic E-state index is 12.3. The summed E-state index contributed by atoms with van der Waals surface area (Å²) in [6.45, 7) is 2.08. The molecule has 0 aromatic heterocycles. The molecule has 9 heteroatoms. The van der Waals surface area contributed by atoms with Crippen LogP contribution in [-0.4, -0.2) is 42.7 Å². The number of nitrogens with zero attached hydrogens (tertiary/aromatic N) is 3. The van der Waals surface area contributed by atoms with Crippen LogP contribution >= 0.6 is 0 Å². The summed E-state index contributed by atoms with van der Waals surface area (Å²) in [7, 11) is -3.50. The van der Waals surface area contributed by atoms with E-state index in [0.717, 1.165) is 18.4 Å². The Bertz CT molecular complexity index is 669. The van der Waals surface area contributed by atoms with Gasteiger partial charge in [0.15, 0.2) is 0 Å². The quantitative estimate of drug-likeness (QED) is 0.289. The van der Waals surface area contributed by atoms with Gasteiger partial charge in [0.2, 0.25) is 0 Å². The number of carbonyl (C=O) groups is 1. The Kier molecular flexibility index (Phi) is 6.14. The predicted molar refractivity (Wildman–Crippen MR) is 77.3 cm³/mol. The summed E-state index contributed by atoms with van der Waals surface area (Å²) >= 11 is 0. The molecule has 1 N–H and O–H groups in total. The Morgan fingerprint density at radius 3 is 2.48 bits per heavy atom. The van der Waals surface area contributed by atoms with Crippen LogP contribution in [0.2, 0.25) is 0 Å². The van der Waals surface area contributed by atoms with Gasteiger partial charge in [-0.15, -0.1) is 0 Å². The number of sulfone groups is 1. The van der Waals surface area contributed by atoms with Gasteiger partial charge in [0, 0.05) is 0 Å². The van der Waals surface area contributed by atoms with E-state index in [0.29, 0.717) is 6.42 Å². The molecule has 0 bridgehead atoms. The number of benzene rings is 1. The van der Waals surface area contributed by atoms with Crippen molar-refractivity contribution in [2.24, 2.45) is 0 Å². The van der Waals surface area contributed by atoms with Crippen LogP contribution in [0.5, 0.6) is 0 Å². The molecule has 0 saturated heterocycles. The Morgan fingerprint density at radius 1 is 1.38 bits per heavy atom. The maximum atomic E-state index is 12.3. The first-order chi connectivity index (χ1) is 9.98. The monoisotopic (exact) mass is 306 g/mol. The molecule has 0 aliphatic rings. The van der Waals surface area contributed by atoms with E-state index in [1.165, 1.54) is 24.3 Å². The number of unbranched alkanes of at least 4 members (excludes halogenated alkanes) is 1. The summed E-state index contributed by atoms with van der Waals surface area (Å²) in [5.41, 5.74) is 8.95. The average molecular weight is 306 g/mol. The summed E-state index contributed by atoms with van der Waals surface area (Å²) in [5, 5.41) is 6.20. The summed E-state index contributed by atoms with van der Waals surface area (Å²) in [4.78, 5) is 15.5. The molecule has 110 valence electrons. The van der Waals surface area contributed by atoms with E-state index in [-0.39, 0.29) is 11.4 Å². The second-order valence-electron chi connectivity index (χ2n) is 4.20. The molecule has 0 aliphatic carbocycles. The van der Waals surface area contributed by atoms with Crippen LogP contribution in [0.15, 0.2) is 35.2 Å². The second kappa shape index (κ2) is 7.61. The number of nitrogens with one attached hydrogen (secondary N) is 1. The van der Waals surface area contributed by atoms with Gasteiger partial charge in [0.05, 0.1) is 0 Å². The molecule has 0 saturated carbocycles. The van der Waals surface area contributed by atoms with Gasteiger partial charge in [0.25, 0.3) is 0 Å². The minimum atomic E-state index is -4.23. The molecule has 0 heterocycles. The van der Waals surface area contributed by atoms with E-state index in [2.05, 4.69) is 4.79 Å². The van der Waals surface area contributed by atoms with Crippen LogP contribution in [0.4, 0.5) is 0 Å². The SMILES string of the molecule is CCCCN(B=N)C(=O)C(=[N+]=[N-])S(=O)(=O)c1ccccc1. The number of amides is 1. The van der Waals surface area contributed by atoms with E-state index < -0.39 is 20.8 Å². The van der Waals surface area contributed by atoms with Gasteiger partial charge in [-0.25, -0.2) is 0 Å². The first kappa shape index (κ1) is 16.9. The molecule has 0 radical (unpaired) electrons. The first-order valence-corrected chi connectivity index (χ1v) is 7.81. The van der Waals surface area contributed by atoms with Crippen LogP contribution in [-0.2, 0) is 14.6 Å². The Hall–Kier alpha value is -2.12. The predicted octanol–water partition coefficient (Wildman–Crippen LogP) is 1.10. The number of hydrogen-bond acceptors (Lipinski definition) is 4. The Balaban J connectivity index is 3.17. The molecule has 1 aromatic rings. The van der Waals surface area contributed by atoms with Crippen molar-refractivity contribution in [1.29, 1.82) is 5.31 Å². The van der Waals surface area contributed by atoms with E-state index in [9.17, 15) is 13.2 Å². The van der Waals surface area contributed by atoms with Gasteiger partial charge >= 0.3 is 123 Å². The zero-order valence-corrected chi connectivity index (χ0v) is 12.4. The normalized spacial score (nSPS) is 10.3. The van der Waals surface area contributed by atoms with Crippen molar-refractivity contribution in [2.75, 3.05) is 6.54 Å². The Morgan fingerprint density at radius 2 is 2.00 bits per heavy atom. The zero-order valence-electron chi connectivity index (χ0n) is 11.6. The third-order valence-electron chi connectivity index (χ3n) is 2.75. The molecule has 0 atom stereocenters. The van der Waals surface area contributed by atoms with E-state index in [4.69, 9.17) is 10.8 Å². The van der Waals surface area contributed by atoms with Crippen molar-refractivity contribution in [3.05, 3.63) is 35.9 Å². The van der Waals surface area contributed by atoms with E-state index >= 15 is 0 Å². The van der Waals surface area contributed by atoms with Gasteiger partial charge in [0.1, 0.15) is 0 Å². The molecule has 1 rings (SSSR count). The van der Waals surface area contributed by atoms with Gasteiger partial charge in [-0.3, -0.25) is 0 Å². The van der Waals surface area contributed by atoms with Crippen LogP contribution in [0.1, 0.15) is 19.8 Å². The molecular formula is C12H15BN4O3S. The molecule has 0 fully saturated rings. The fourth-order valence-electron chi connectivity index (χ4n) is 1.60. The summed E-state index contributed by atoms with van der Waals surface area (Å²) in [6, 6.07) is 7.22. The van der Waals surface area contributed by atoms with Crippen LogP contribution in [0.3, 0.4) is 0 Å². The van der Waals surface area contributed by atoms with Crippen molar-refractivity contribution in [2.45, 2.75) is 24.7 Å². The number of hydrogen-bond donors (Lipinski definition) is 1. The molecule has 1 amide bonds. The Labute approximate surface area is 123 Å². The van der Waals surface area contributed by atoms with Crippen molar-refractivity contribution in [3.8, 4) is 0 Å². The topological polar surface area (TPSA) is 115 Å². The van der Waals surface area contributed by atoms with Crippen LogP contribution in [0, 0.1) is 5.31 Å². The number of carbonyl (C=O) groups excluding carboxylic acids is 1. The van der Waals surface area contributed by atoms with Gasteiger partial charge < -0.3 is 0 Å². The number of rotatable bonds is 5. The molecule has 0 unspecified atom stereocenters. The average Bonchev–Trinajstić information content (AvgIpc) is 2.49. The molecule has 0 aliphatic heterocycles. The van der Waals surface area contributed by atoms with Crippen molar-refractivity contribution < 1.29 is 18.0 Å². The standard InChI is InChI=1S/C12H15BN4O3S/c1-2-3-9-17(13-14)12(18)11(16-15)21(19,20)10-7-5-4-6-8-10/h4-8,14H,2-3,9H2,1H3. The van der Waals surface area contributed by atoms with Gasteiger partial charge in [-0.05, 0) is 0 Å². The van der Waals surface area contributed by atoms with E-state index in [1.807, 2.05) is 6.92 Å². The van der Waals surface area contributed by atoms with E-state index in [1.54, 1.807) is 6.07 Å². The molecule has 7 nitrogen and oxygen atoms in total. The molecule has 1 aromatic carbocycles. The molecule has 0 spiro atoms. The zero-order chi connectivity index (χ0) is 15.9. The molecule has 21 heavy (non-hydrogen) atoms. The van der Waals surface area contributed by atoms with Crippen molar-refractivity contribution in [1.82, 2.24) is 4.81 Å². The van der Waals surface area contributed by atoms with Crippen molar-refractivity contribution in [3.63, 3.8) is 0 Å². The summed E-state index contributed by atoms with van der Waals surface area (Å²) < 4.78 is 24.6. The van der Waals surface area contributed by atoms with Gasteiger partial charge in [-0.2, -0.15) is 0 Å². The van der Waals surface area contributed by atoms with Crippen LogP contribution in [0.25, 0.3) is 5.53 Å². The summed E-state index contributed by atoms with van der Waals surface area (Å²) in [6.07, 6.45) is 1.37. The third-order valence-corrected chi connectivity index (χ3v) is 4.41. The minimum absolute atomic E-state index is 0.147. The fraction of sp³-hybridized carbons (Fsp3) is 0.333. The second-order valence-corrected chi connectivity index (χ2v) is 6.07. The fourth-order valence-corrected chi connectivity index (χ4v) is 2.79.